The Balaban J connectivity index is 2.07. The summed E-state index contributed by atoms with van der Waals surface area (Å²) in [4.78, 5) is 10.6. The molecule has 2 aromatic heterocycles. The van der Waals surface area contributed by atoms with Crippen molar-refractivity contribution < 1.29 is 4.92 Å². The summed E-state index contributed by atoms with van der Waals surface area (Å²) in [6.07, 6.45) is 3.38. The molecule has 3 rings (SSSR count). The van der Waals surface area contributed by atoms with Gasteiger partial charge in [0.2, 0.25) is 0 Å². The van der Waals surface area contributed by atoms with Crippen LogP contribution in [0.3, 0.4) is 0 Å². The number of para-hydroxylation sites is 2. The van der Waals surface area contributed by atoms with Crippen LogP contribution in [-0.4, -0.2) is 24.5 Å². The van der Waals surface area contributed by atoms with Crippen molar-refractivity contribution in [2.24, 2.45) is 7.05 Å². The lowest BCUT2D eigenvalue weighted by Crippen LogP contribution is -2.01. The molecular formula is C13H11N5O2. The van der Waals surface area contributed by atoms with E-state index in [0.29, 0.717) is 11.4 Å². The Hall–Kier alpha value is -2.96. The molecule has 3 aromatic rings. The molecule has 2 heterocycles. The minimum Gasteiger partial charge on any atom is -0.266 e. The molecule has 7 heteroatoms. The first-order chi connectivity index (χ1) is 9.66. The average molecular weight is 269 g/mol. The number of nitro groups is 1. The van der Waals surface area contributed by atoms with Gasteiger partial charge < -0.3 is 0 Å². The van der Waals surface area contributed by atoms with E-state index in [4.69, 9.17) is 0 Å². The molecule has 0 aliphatic rings. The SMILES string of the molecule is Cn1nccc1-c1ccn(-c2ccccc2[N+](=O)[O-])n1. The minimum atomic E-state index is -0.416. The van der Waals surface area contributed by atoms with Crippen LogP contribution in [0.4, 0.5) is 5.69 Å². The van der Waals surface area contributed by atoms with Gasteiger partial charge in [-0.15, -0.1) is 0 Å². The van der Waals surface area contributed by atoms with E-state index in [0.717, 1.165) is 5.69 Å². The molecule has 0 aliphatic heterocycles. The van der Waals surface area contributed by atoms with Crippen molar-refractivity contribution in [1.29, 1.82) is 0 Å². The number of rotatable bonds is 3. The van der Waals surface area contributed by atoms with E-state index in [1.165, 1.54) is 10.7 Å². The standard InChI is InChI=1S/C13H11N5O2/c1-16-11(6-8-14-16)10-7-9-17(15-10)12-4-2-3-5-13(12)18(19)20/h2-9H,1H3. The normalized spacial score (nSPS) is 10.7. The number of hydrogen-bond donors (Lipinski definition) is 0. The molecule has 0 aliphatic carbocycles. The molecule has 0 N–H and O–H groups in total. The van der Waals surface area contributed by atoms with Gasteiger partial charge >= 0.3 is 0 Å². The van der Waals surface area contributed by atoms with Crippen molar-refractivity contribution in [3.63, 3.8) is 0 Å². The fourth-order valence-electron chi connectivity index (χ4n) is 2.03. The lowest BCUT2D eigenvalue weighted by atomic mass is 10.3. The molecular weight excluding hydrogens is 258 g/mol. The Morgan fingerprint density at radius 3 is 2.70 bits per heavy atom. The summed E-state index contributed by atoms with van der Waals surface area (Å²) in [5.74, 6) is 0. The lowest BCUT2D eigenvalue weighted by Gasteiger charge is -2.02. The molecule has 100 valence electrons. The van der Waals surface area contributed by atoms with Crippen molar-refractivity contribution >= 4 is 5.69 Å². The molecule has 0 spiro atoms. The van der Waals surface area contributed by atoms with E-state index in [1.807, 2.05) is 13.1 Å². The van der Waals surface area contributed by atoms with E-state index in [2.05, 4.69) is 10.2 Å². The third kappa shape index (κ3) is 1.95. The Morgan fingerprint density at radius 1 is 1.20 bits per heavy atom. The van der Waals surface area contributed by atoms with Crippen LogP contribution in [0.15, 0.2) is 48.8 Å². The summed E-state index contributed by atoms with van der Waals surface area (Å²) in [6, 6.07) is 10.1. The summed E-state index contributed by atoms with van der Waals surface area (Å²) < 4.78 is 3.20. The van der Waals surface area contributed by atoms with E-state index in [-0.39, 0.29) is 5.69 Å². The molecule has 0 saturated carbocycles. The first kappa shape index (κ1) is 12.1. The first-order valence-electron chi connectivity index (χ1n) is 5.94. The highest BCUT2D eigenvalue weighted by Crippen LogP contribution is 2.23. The van der Waals surface area contributed by atoms with Crippen molar-refractivity contribution in [1.82, 2.24) is 19.6 Å². The van der Waals surface area contributed by atoms with Crippen molar-refractivity contribution in [2.45, 2.75) is 0 Å². The number of aromatic nitrogens is 4. The van der Waals surface area contributed by atoms with Crippen molar-refractivity contribution in [3.05, 3.63) is 58.9 Å². The van der Waals surface area contributed by atoms with Crippen LogP contribution in [0, 0.1) is 10.1 Å². The molecule has 0 fully saturated rings. The van der Waals surface area contributed by atoms with Gasteiger partial charge in [0.1, 0.15) is 11.4 Å². The topological polar surface area (TPSA) is 78.8 Å². The van der Waals surface area contributed by atoms with E-state index < -0.39 is 4.92 Å². The van der Waals surface area contributed by atoms with Crippen molar-refractivity contribution in [3.8, 4) is 17.1 Å². The number of benzene rings is 1. The number of nitro benzene ring substituents is 1. The van der Waals surface area contributed by atoms with Crippen LogP contribution in [0.25, 0.3) is 17.1 Å². The Bertz CT molecular complexity index is 774. The number of nitrogens with zero attached hydrogens (tertiary/aromatic N) is 5. The van der Waals surface area contributed by atoms with Crippen LogP contribution in [0.2, 0.25) is 0 Å². The zero-order valence-electron chi connectivity index (χ0n) is 10.7. The fourth-order valence-corrected chi connectivity index (χ4v) is 2.03. The highest BCUT2D eigenvalue weighted by molar-refractivity contribution is 5.56. The molecule has 0 amide bonds. The van der Waals surface area contributed by atoms with Crippen LogP contribution in [-0.2, 0) is 7.05 Å². The molecule has 0 atom stereocenters. The third-order valence-electron chi connectivity index (χ3n) is 3.00. The molecule has 7 nitrogen and oxygen atoms in total. The average Bonchev–Trinajstić information content (AvgIpc) is 3.07. The second-order valence-electron chi connectivity index (χ2n) is 4.23. The molecule has 1 aromatic carbocycles. The van der Waals surface area contributed by atoms with Gasteiger partial charge in [0, 0.05) is 25.5 Å². The second kappa shape index (κ2) is 4.61. The van der Waals surface area contributed by atoms with E-state index in [1.54, 1.807) is 41.3 Å². The van der Waals surface area contributed by atoms with Crippen LogP contribution >= 0.6 is 0 Å². The Labute approximate surface area is 114 Å². The zero-order valence-corrected chi connectivity index (χ0v) is 10.7. The highest BCUT2D eigenvalue weighted by Gasteiger charge is 2.15. The maximum absolute atomic E-state index is 11.0. The molecule has 0 unspecified atom stereocenters. The molecule has 0 radical (unpaired) electrons. The summed E-state index contributed by atoms with van der Waals surface area (Å²) >= 11 is 0. The fraction of sp³-hybridized carbons (Fsp3) is 0.0769. The van der Waals surface area contributed by atoms with Gasteiger partial charge in [0.15, 0.2) is 0 Å². The van der Waals surface area contributed by atoms with Crippen LogP contribution in [0.1, 0.15) is 0 Å². The minimum absolute atomic E-state index is 0.0205. The Morgan fingerprint density at radius 2 is 2.00 bits per heavy atom. The predicted octanol–water partition coefficient (Wildman–Crippen LogP) is 2.18. The zero-order chi connectivity index (χ0) is 14.1. The predicted molar refractivity (Wildman–Crippen MR) is 72.4 cm³/mol. The molecule has 20 heavy (non-hydrogen) atoms. The van der Waals surface area contributed by atoms with Gasteiger partial charge in [-0.3, -0.25) is 14.8 Å². The summed E-state index contributed by atoms with van der Waals surface area (Å²) in [5.41, 5.74) is 2.02. The monoisotopic (exact) mass is 269 g/mol. The van der Waals surface area contributed by atoms with Crippen molar-refractivity contribution in [2.75, 3.05) is 0 Å². The maximum atomic E-state index is 11.0. The van der Waals surface area contributed by atoms with Gasteiger partial charge in [-0.2, -0.15) is 10.2 Å². The highest BCUT2D eigenvalue weighted by atomic mass is 16.6. The van der Waals surface area contributed by atoms with Crippen LogP contribution in [0.5, 0.6) is 0 Å². The van der Waals surface area contributed by atoms with Gasteiger partial charge in [-0.1, -0.05) is 12.1 Å². The van der Waals surface area contributed by atoms with Gasteiger partial charge in [-0.05, 0) is 18.2 Å². The quantitative estimate of drug-likeness (QED) is 0.539. The summed E-state index contributed by atoms with van der Waals surface area (Å²) in [6.45, 7) is 0. The van der Waals surface area contributed by atoms with E-state index in [9.17, 15) is 10.1 Å². The first-order valence-corrected chi connectivity index (χ1v) is 5.94. The van der Waals surface area contributed by atoms with E-state index >= 15 is 0 Å². The molecule has 0 bridgehead atoms. The Kier molecular flexibility index (Phi) is 2.79. The number of hydrogen-bond acceptors (Lipinski definition) is 4. The third-order valence-corrected chi connectivity index (χ3v) is 3.00. The largest absolute Gasteiger partial charge is 0.294 e. The smallest absolute Gasteiger partial charge is 0.266 e. The van der Waals surface area contributed by atoms with Gasteiger partial charge in [0.05, 0.1) is 10.6 Å². The maximum Gasteiger partial charge on any atom is 0.294 e. The molecule has 0 saturated heterocycles. The van der Waals surface area contributed by atoms with Gasteiger partial charge in [0.25, 0.3) is 5.69 Å². The van der Waals surface area contributed by atoms with Gasteiger partial charge in [-0.25, -0.2) is 4.68 Å². The second-order valence-corrected chi connectivity index (χ2v) is 4.23. The summed E-state index contributed by atoms with van der Waals surface area (Å²) in [7, 11) is 1.82. The number of aryl methyl sites for hydroxylation is 1. The summed E-state index contributed by atoms with van der Waals surface area (Å²) in [5, 5.41) is 19.5. The lowest BCUT2D eigenvalue weighted by molar-refractivity contribution is -0.384. The van der Waals surface area contributed by atoms with Crippen LogP contribution < -0.4 is 0 Å².